The molecule has 1 amide bonds. The number of carbonyl (C=O) groups excluding carboxylic acids is 1. The summed E-state index contributed by atoms with van der Waals surface area (Å²) in [5, 5.41) is 3.90. The minimum Gasteiger partial charge on any atom is -0.366 e. The maximum absolute atomic E-state index is 14.7. The number of rotatable bonds is 4. The summed E-state index contributed by atoms with van der Waals surface area (Å²) in [7, 11) is 0. The van der Waals surface area contributed by atoms with E-state index >= 15 is 0 Å². The third-order valence-corrected chi connectivity index (χ3v) is 5.09. The lowest BCUT2D eigenvalue weighted by molar-refractivity contribution is 0.0950. The Morgan fingerprint density at radius 2 is 2.22 bits per heavy atom. The van der Waals surface area contributed by atoms with Crippen molar-refractivity contribution in [1.82, 2.24) is 10.4 Å². The van der Waals surface area contributed by atoms with Gasteiger partial charge in [-0.15, -0.1) is 0 Å². The van der Waals surface area contributed by atoms with Crippen LogP contribution in [0.2, 0.25) is 0 Å². The van der Waals surface area contributed by atoms with Crippen LogP contribution in [0.15, 0.2) is 41.6 Å². The first-order valence-corrected chi connectivity index (χ1v) is 9.19. The number of aromatic nitrogens is 1. The molecule has 1 N–H and O–H groups in total. The molecule has 1 aliphatic heterocycles. The molecule has 27 heavy (non-hydrogen) atoms. The first-order valence-electron chi connectivity index (χ1n) is 9.19. The van der Waals surface area contributed by atoms with Gasteiger partial charge in [-0.25, -0.2) is 9.82 Å². The largest absolute Gasteiger partial charge is 0.366 e. The van der Waals surface area contributed by atoms with Crippen molar-refractivity contribution in [1.29, 1.82) is 0 Å². The van der Waals surface area contributed by atoms with Crippen LogP contribution in [0.25, 0.3) is 0 Å². The van der Waals surface area contributed by atoms with Gasteiger partial charge in [0.1, 0.15) is 11.5 Å². The summed E-state index contributed by atoms with van der Waals surface area (Å²) in [6.07, 6.45) is 3.87. The number of anilines is 1. The summed E-state index contributed by atoms with van der Waals surface area (Å²) in [5.41, 5.74) is 5.04. The van der Waals surface area contributed by atoms with Crippen molar-refractivity contribution in [2.45, 2.75) is 45.6 Å². The van der Waals surface area contributed by atoms with Crippen LogP contribution < -0.4 is 10.3 Å². The van der Waals surface area contributed by atoms with E-state index in [1.165, 1.54) is 12.4 Å². The second kappa shape index (κ2) is 7.47. The average molecular weight is 368 g/mol. The summed E-state index contributed by atoms with van der Waals surface area (Å²) in [5.74, 6) is -0.473. The highest BCUT2D eigenvalue weighted by molar-refractivity contribution is 5.93. The summed E-state index contributed by atoms with van der Waals surface area (Å²) in [4.78, 5) is 18.2. The zero-order valence-corrected chi connectivity index (χ0v) is 16.2. The third kappa shape index (κ3) is 3.84. The van der Waals surface area contributed by atoms with E-state index < -0.39 is 5.91 Å². The normalized spacial score (nSPS) is 18.4. The number of hydrogen-bond donors (Lipinski definition) is 1. The number of amides is 1. The molecule has 1 aromatic heterocycles. The fourth-order valence-electron chi connectivity index (χ4n) is 3.93. The van der Waals surface area contributed by atoms with Crippen LogP contribution in [0.4, 0.5) is 10.1 Å². The molecule has 0 aliphatic carbocycles. The van der Waals surface area contributed by atoms with Gasteiger partial charge < -0.3 is 4.90 Å². The predicted octanol–water partition coefficient (Wildman–Crippen LogP) is 4.10. The van der Waals surface area contributed by atoms with E-state index in [0.717, 1.165) is 24.2 Å². The fraction of sp³-hybridized carbons (Fsp3) is 0.381. The van der Waals surface area contributed by atoms with Gasteiger partial charge in [0.25, 0.3) is 5.91 Å². The highest BCUT2D eigenvalue weighted by atomic mass is 19.1. The average Bonchev–Trinajstić information content (AvgIpc) is 2.63. The van der Waals surface area contributed by atoms with Crippen LogP contribution in [-0.4, -0.2) is 29.2 Å². The predicted molar refractivity (Wildman–Crippen MR) is 106 cm³/mol. The van der Waals surface area contributed by atoms with Gasteiger partial charge in [-0.05, 0) is 62.9 Å². The molecule has 142 valence electrons. The second-order valence-corrected chi connectivity index (χ2v) is 7.51. The number of pyridine rings is 1. The van der Waals surface area contributed by atoms with E-state index in [4.69, 9.17) is 0 Å². The smallest absolute Gasteiger partial charge is 0.289 e. The molecule has 0 saturated heterocycles. The summed E-state index contributed by atoms with van der Waals surface area (Å²) in [6, 6.07) is 8.46. The van der Waals surface area contributed by atoms with Crippen LogP contribution in [0.1, 0.15) is 61.6 Å². The number of nitrogens with zero attached hydrogens (tertiary/aromatic N) is 3. The van der Waals surface area contributed by atoms with Gasteiger partial charge in [-0.1, -0.05) is 13.0 Å². The Balaban J connectivity index is 1.84. The lowest BCUT2D eigenvalue weighted by Gasteiger charge is -2.47. The highest BCUT2D eigenvalue weighted by Crippen LogP contribution is 2.43. The Labute approximate surface area is 159 Å². The molecule has 0 radical (unpaired) electrons. The van der Waals surface area contributed by atoms with Crippen LogP contribution in [0.5, 0.6) is 0 Å². The first-order chi connectivity index (χ1) is 12.8. The molecule has 6 heteroatoms. The van der Waals surface area contributed by atoms with E-state index in [9.17, 15) is 9.18 Å². The maximum Gasteiger partial charge on any atom is 0.289 e. The molecule has 3 rings (SSSR count). The van der Waals surface area contributed by atoms with Crippen molar-refractivity contribution in [3.63, 3.8) is 0 Å². The number of hydrazone groups is 1. The summed E-state index contributed by atoms with van der Waals surface area (Å²) >= 11 is 0. The highest BCUT2D eigenvalue weighted by Gasteiger charge is 2.36. The Morgan fingerprint density at radius 1 is 1.44 bits per heavy atom. The third-order valence-electron chi connectivity index (χ3n) is 5.09. The summed E-state index contributed by atoms with van der Waals surface area (Å²) in [6.45, 7) is 9.45. The Kier molecular flexibility index (Phi) is 5.26. The zero-order chi connectivity index (χ0) is 19.6. The number of halogens is 1. The molecule has 1 atom stereocenters. The number of carbonyl (C=O) groups is 1. The van der Waals surface area contributed by atoms with Gasteiger partial charge in [-0.3, -0.25) is 9.78 Å². The lowest BCUT2D eigenvalue weighted by atomic mass is 9.79. The minimum atomic E-state index is -0.433. The zero-order valence-electron chi connectivity index (χ0n) is 16.2. The molecule has 1 aromatic carbocycles. The van der Waals surface area contributed by atoms with Crippen LogP contribution >= 0.6 is 0 Å². The van der Waals surface area contributed by atoms with E-state index in [1.807, 2.05) is 6.07 Å². The molecule has 1 unspecified atom stereocenters. The Hall–Kier alpha value is -2.76. The van der Waals surface area contributed by atoms with Crippen molar-refractivity contribution in [3.8, 4) is 0 Å². The molecular formula is C21H25FN4O. The van der Waals surface area contributed by atoms with Gasteiger partial charge in [0.15, 0.2) is 0 Å². The monoisotopic (exact) mass is 368 g/mol. The molecular weight excluding hydrogens is 343 g/mol. The van der Waals surface area contributed by atoms with E-state index in [1.54, 1.807) is 24.3 Å². The van der Waals surface area contributed by atoms with E-state index in [2.05, 4.69) is 48.1 Å². The Bertz CT molecular complexity index is 864. The van der Waals surface area contributed by atoms with Crippen LogP contribution in [-0.2, 0) is 0 Å². The standard InChI is InChI=1S/C21H25FN4O/c1-5-26-19-11-17(22)15(10-16(19)14(2)12-21(26,3)4)13-24-25-20(27)18-8-6-7-9-23-18/h6-11,13-14H,5,12H2,1-4H3,(H,25,27)/b24-13-. The van der Waals surface area contributed by atoms with Crippen molar-refractivity contribution >= 4 is 17.8 Å². The molecule has 5 nitrogen and oxygen atoms in total. The number of hydrogen-bond acceptors (Lipinski definition) is 4. The first kappa shape index (κ1) is 19.0. The quantitative estimate of drug-likeness (QED) is 0.653. The molecule has 1 aliphatic rings. The fourth-order valence-corrected chi connectivity index (χ4v) is 3.93. The second-order valence-electron chi connectivity index (χ2n) is 7.51. The summed E-state index contributed by atoms with van der Waals surface area (Å²) < 4.78 is 14.7. The minimum absolute atomic E-state index is 0.0140. The lowest BCUT2D eigenvalue weighted by Crippen LogP contribution is -2.48. The van der Waals surface area contributed by atoms with Gasteiger partial charge in [0, 0.05) is 29.5 Å². The van der Waals surface area contributed by atoms with Crippen molar-refractivity contribution in [2.24, 2.45) is 5.10 Å². The molecule has 2 heterocycles. The van der Waals surface area contributed by atoms with Gasteiger partial charge >= 0.3 is 0 Å². The number of fused-ring (bicyclic) bond motifs is 1. The molecule has 0 fully saturated rings. The maximum atomic E-state index is 14.7. The molecule has 2 aromatic rings. The number of benzene rings is 1. The molecule has 0 bridgehead atoms. The molecule has 0 spiro atoms. The Morgan fingerprint density at radius 3 is 2.89 bits per heavy atom. The molecule has 0 saturated carbocycles. The topological polar surface area (TPSA) is 57.6 Å². The number of nitrogens with one attached hydrogen (secondary N) is 1. The van der Waals surface area contributed by atoms with Crippen LogP contribution in [0.3, 0.4) is 0 Å². The van der Waals surface area contributed by atoms with Gasteiger partial charge in [0.2, 0.25) is 0 Å². The van der Waals surface area contributed by atoms with Crippen molar-refractivity contribution < 1.29 is 9.18 Å². The van der Waals surface area contributed by atoms with Crippen LogP contribution in [0, 0.1) is 5.82 Å². The van der Waals surface area contributed by atoms with Crippen molar-refractivity contribution in [2.75, 3.05) is 11.4 Å². The van der Waals surface area contributed by atoms with Gasteiger partial charge in [0.05, 0.1) is 6.21 Å². The SMILES string of the molecule is CCN1c2cc(F)c(/C=N\NC(=O)c3ccccn3)cc2C(C)CC1(C)C. The van der Waals surface area contributed by atoms with E-state index in [0.29, 0.717) is 11.5 Å². The van der Waals surface area contributed by atoms with Crippen molar-refractivity contribution in [3.05, 3.63) is 59.2 Å². The van der Waals surface area contributed by atoms with E-state index in [-0.39, 0.29) is 17.1 Å². The van der Waals surface area contributed by atoms with Gasteiger partial charge in [-0.2, -0.15) is 5.10 Å².